The van der Waals surface area contributed by atoms with Crippen LogP contribution < -0.4 is 0 Å². The molecule has 2 N–H and O–H groups in total. The van der Waals surface area contributed by atoms with E-state index in [1.54, 1.807) is 13.0 Å². The molecule has 0 radical (unpaired) electrons. The maximum atomic E-state index is 11.4. The molecule has 0 aliphatic heterocycles. The molecule has 18 heavy (non-hydrogen) atoms. The minimum atomic E-state index is -0.985. The van der Waals surface area contributed by atoms with Crippen molar-refractivity contribution in [1.82, 2.24) is 0 Å². The summed E-state index contributed by atoms with van der Waals surface area (Å²) in [5.41, 5.74) is 0.676. The number of fused-ring (bicyclic) bond motifs is 1. The van der Waals surface area contributed by atoms with Crippen LogP contribution in [0.2, 0.25) is 0 Å². The van der Waals surface area contributed by atoms with Crippen LogP contribution in [0.4, 0.5) is 0 Å². The van der Waals surface area contributed by atoms with Crippen LogP contribution in [0.3, 0.4) is 0 Å². The van der Waals surface area contributed by atoms with Crippen molar-refractivity contribution in [3.05, 3.63) is 48.0 Å². The van der Waals surface area contributed by atoms with Crippen molar-refractivity contribution in [2.75, 3.05) is 0 Å². The van der Waals surface area contributed by atoms with Gasteiger partial charge in [-0.05, 0) is 22.8 Å². The third-order valence-electron chi connectivity index (χ3n) is 3.23. The predicted molar refractivity (Wildman–Crippen MR) is 70.6 cm³/mol. The number of carboxylic acid groups (broad SMARTS) is 1. The van der Waals surface area contributed by atoms with Gasteiger partial charge in [-0.15, -0.1) is 0 Å². The van der Waals surface area contributed by atoms with Crippen LogP contribution in [-0.2, 0) is 4.79 Å². The van der Waals surface area contributed by atoms with Crippen molar-refractivity contribution < 1.29 is 15.0 Å². The van der Waals surface area contributed by atoms with Crippen molar-refractivity contribution in [1.29, 1.82) is 0 Å². The monoisotopic (exact) mass is 244 g/mol. The Morgan fingerprint density at radius 3 is 2.50 bits per heavy atom. The smallest absolute Gasteiger partial charge is 0.313 e. The summed E-state index contributed by atoms with van der Waals surface area (Å²) in [5, 5.41) is 21.1. The fraction of sp³-hybridized carbons (Fsp3) is 0.267. The summed E-state index contributed by atoms with van der Waals surface area (Å²) in [6, 6.07) is 13.2. The largest absolute Gasteiger partial charge is 0.481 e. The lowest BCUT2D eigenvalue weighted by atomic mass is 9.88. The zero-order chi connectivity index (χ0) is 13.1. The maximum absolute atomic E-state index is 11.4. The molecular weight excluding hydrogens is 228 g/mol. The van der Waals surface area contributed by atoms with Crippen LogP contribution in [0.15, 0.2) is 42.5 Å². The Morgan fingerprint density at radius 2 is 1.83 bits per heavy atom. The molecular formula is C15H16O3. The lowest BCUT2D eigenvalue weighted by Crippen LogP contribution is -2.25. The van der Waals surface area contributed by atoms with E-state index in [9.17, 15) is 15.0 Å². The summed E-state index contributed by atoms with van der Waals surface area (Å²) in [5.74, 6) is -1.86. The number of hydrogen-bond donors (Lipinski definition) is 2. The summed E-state index contributed by atoms with van der Waals surface area (Å²) in [7, 11) is 0. The van der Waals surface area contributed by atoms with Gasteiger partial charge in [-0.3, -0.25) is 4.79 Å². The zero-order valence-corrected chi connectivity index (χ0v) is 10.2. The summed E-state index contributed by atoms with van der Waals surface area (Å²) >= 11 is 0. The van der Waals surface area contributed by atoms with Gasteiger partial charge in [-0.25, -0.2) is 0 Å². The highest BCUT2D eigenvalue weighted by Crippen LogP contribution is 2.29. The summed E-state index contributed by atoms with van der Waals surface area (Å²) in [6.45, 7) is 1.78. The number of carbonyl (C=O) groups is 1. The average Bonchev–Trinajstić information content (AvgIpc) is 2.38. The van der Waals surface area contributed by atoms with E-state index < -0.39 is 18.0 Å². The normalized spacial score (nSPS) is 14.3. The van der Waals surface area contributed by atoms with Crippen molar-refractivity contribution in [2.24, 2.45) is 0 Å². The van der Waals surface area contributed by atoms with Gasteiger partial charge in [0.2, 0.25) is 0 Å². The highest BCUT2D eigenvalue weighted by atomic mass is 16.4. The first-order valence-electron chi connectivity index (χ1n) is 6.03. The second kappa shape index (κ2) is 5.19. The van der Waals surface area contributed by atoms with Gasteiger partial charge >= 0.3 is 5.97 Å². The van der Waals surface area contributed by atoms with E-state index in [1.165, 1.54) is 0 Å². The van der Waals surface area contributed by atoms with E-state index in [0.717, 1.165) is 10.8 Å². The Hall–Kier alpha value is -1.87. The van der Waals surface area contributed by atoms with E-state index in [4.69, 9.17) is 0 Å². The number of rotatable bonds is 4. The van der Waals surface area contributed by atoms with Gasteiger partial charge in [0.25, 0.3) is 0 Å². The minimum Gasteiger partial charge on any atom is -0.481 e. The quantitative estimate of drug-likeness (QED) is 0.869. The predicted octanol–water partition coefficient (Wildman–Crippen LogP) is 2.78. The van der Waals surface area contributed by atoms with Gasteiger partial charge in [0, 0.05) is 0 Å². The molecule has 2 unspecified atom stereocenters. The van der Waals surface area contributed by atoms with Crippen LogP contribution in [0.5, 0.6) is 0 Å². The molecule has 0 spiro atoms. The van der Waals surface area contributed by atoms with Crippen LogP contribution in [0.1, 0.15) is 24.8 Å². The van der Waals surface area contributed by atoms with Crippen molar-refractivity contribution in [2.45, 2.75) is 25.4 Å². The van der Waals surface area contributed by atoms with Gasteiger partial charge in [0.1, 0.15) is 5.92 Å². The molecule has 94 valence electrons. The maximum Gasteiger partial charge on any atom is 0.313 e. The molecule has 0 amide bonds. The van der Waals surface area contributed by atoms with E-state index in [1.807, 2.05) is 36.4 Å². The third kappa shape index (κ3) is 2.22. The fourth-order valence-electron chi connectivity index (χ4n) is 2.26. The molecule has 0 fully saturated rings. The summed E-state index contributed by atoms with van der Waals surface area (Å²) in [6.07, 6.45) is -0.450. The van der Waals surface area contributed by atoms with Gasteiger partial charge in [0.15, 0.2) is 0 Å². The second-order valence-corrected chi connectivity index (χ2v) is 4.36. The molecule has 2 aromatic carbocycles. The number of aliphatic hydroxyl groups excluding tert-OH is 1. The first-order valence-corrected chi connectivity index (χ1v) is 6.03. The molecule has 0 bridgehead atoms. The topological polar surface area (TPSA) is 57.5 Å². The molecule has 0 heterocycles. The van der Waals surface area contributed by atoms with Crippen LogP contribution >= 0.6 is 0 Å². The summed E-state index contributed by atoms with van der Waals surface area (Å²) < 4.78 is 0. The van der Waals surface area contributed by atoms with Gasteiger partial charge in [-0.2, -0.15) is 0 Å². The minimum absolute atomic E-state index is 0.417. The standard InChI is InChI=1S/C15H16O3/c1-2-13(16)14(15(17)18)12-9-5-7-10-6-3-4-8-11(10)12/h3-9,13-14,16H,2H2,1H3,(H,17,18). The van der Waals surface area contributed by atoms with Gasteiger partial charge < -0.3 is 10.2 Å². The van der Waals surface area contributed by atoms with Crippen LogP contribution in [0.25, 0.3) is 10.8 Å². The average molecular weight is 244 g/mol. The second-order valence-electron chi connectivity index (χ2n) is 4.36. The lowest BCUT2D eigenvalue weighted by molar-refractivity contribution is -0.141. The highest BCUT2D eigenvalue weighted by Gasteiger charge is 2.28. The molecule has 3 heteroatoms. The first kappa shape index (κ1) is 12.6. The Balaban J connectivity index is 2.61. The van der Waals surface area contributed by atoms with Crippen molar-refractivity contribution >= 4 is 16.7 Å². The van der Waals surface area contributed by atoms with E-state index in [-0.39, 0.29) is 0 Å². The van der Waals surface area contributed by atoms with Gasteiger partial charge in [-0.1, -0.05) is 49.4 Å². The van der Waals surface area contributed by atoms with E-state index in [2.05, 4.69) is 0 Å². The fourth-order valence-corrected chi connectivity index (χ4v) is 2.26. The Bertz CT molecular complexity index is 557. The van der Waals surface area contributed by atoms with Crippen LogP contribution in [-0.4, -0.2) is 22.3 Å². The molecule has 2 atom stereocenters. The number of hydrogen-bond acceptors (Lipinski definition) is 2. The first-order chi connectivity index (χ1) is 8.65. The zero-order valence-electron chi connectivity index (χ0n) is 10.2. The van der Waals surface area contributed by atoms with Gasteiger partial charge in [0.05, 0.1) is 6.10 Å². The van der Waals surface area contributed by atoms with E-state index in [0.29, 0.717) is 12.0 Å². The highest BCUT2D eigenvalue weighted by molar-refractivity contribution is 5.91. The molecule has 0 saturated carbocycles. The number of benzene rings is 2. The van der Waals surface area contributed by atoms with Crippen LogP contribution in [0, 0.1) is 0 Å². The van der Waals surface area contributed by atoms with Crippen molar-refractivity contribution in [3.63, 3.8) is 0 Å². The Kier molecular flexibility index (Phi) is 3.63. The molecule has 0 aliphatic carbocycles. The molecule has 0 saturated heterocycles. The molecule has 2 aromatic rings. The summed E-state index contributed by atoms with van der Waals surface area (Å²) in [4.78, 5) is 11.4. The molecule has 0 aliphatic rings. The lowest BCUT2D eigenvalue weighted by Gasteiger charge is -2.19. The molecule has 3 nitrogen and oxygen atoms in total. The number of aliphatic carboxylic acids is 1. The number of carboxylic acids is 1. The van der Waals surface area contributed by atoms with Crippen molar-refractivity contribution in [3.8, 4) is 0 Å². The third-order valence-corrected chi connectivity index (χ3v) is 3.23. The Morgan fingerprint density at radius 1 is 1.17 bits per heavy atom. The van der Waals surface area contributed by atoms with E-state index >= 15 is 0 Å². The number of aliphatic hydroxyl groups is 1. The Labute approximate surface area is 106 Å². The SMILES string of the molecule is CCC(O)C(C(=O)O)c1cccc2ccccc12. The molecule has 0 aromatic heterocycles. The molecule has 2 rings (SSSR count).